The van der Waals surface area contributed by atoms with E-state index in [1.165, 1.54) is 5.56 Å². The Morgan fingerprint density at radius 3 is 2.69 bits per heavy atom. The van der Waals surface area contributed by atoms with Crippen molar-refractivity contribution in [3.05, 3.63) is 59.2 Å². The van der Waals surface area contributed by atoms with E-state index in [9.17, 15) is 0 Å². The molecule has 0 atom stereocenters. The van der Waals surface area contributed by atoms with Gasteiger partial charge in [0.1, 0.15) is 11.5 Å². The number of nitriles is 1. The largest absolute Gasteiger partial charge is 0.457 e. The van der Waals surface area contributed by atoms with Crippen LogP contribution in [-0.2, 0) is 6.42 Å². The Bertz CT molecular complexity index is 596. The van der Waals surface area contributed by atoms with Crippen LogP contribution in [0.1, 0.15) is 16.7 Å². The summed E-state index contributed by atoms with van der Waals surface area (Å²) < 4.78 is 5.77. The Morgan fingerprint density at radius 2 is 1.81 bits per heavy atom. The molecule has 3 rings (SSSR count). The summed E-state index contributed by atoms with van der Waals surface area (Å²) in [6.45, 7) is 0. The van der Waals surface area contributed by atoms with Gasteiger partial charge in [-0.15, -0.1) is 0 Å². The highest BCUT2D eigenvalue weighted by Gasteiger charge is 2.16. The fourth-order valence-corrected chi connectivity index (χ4v) is 1.96. The van der Waals surface area contributed by atoms with Gasteiger partial charge in [-0.3, -0.25) is 0 Å². The molecule has 0 spiro atoms. The number of benzene rings is 2. The summed E-state index contributed by atoms with van der Waals surface area (Å²) >= 11 is 0. The number of rotatable bonds is 0. The first-order chi connectivity index (χ1) is 7.86. The van der Waals surface area contributed by atoms with Crippen molar-refractivity contribution in [1.29, 1.82) is 5.26 Å². The second kappa shape index (κ2) is 3.39. The van der Waals surface area contributed by atoms with E-state index in [1.54, 1.807) is 6.07 Å². The molecule has 0 fully saturated rings. The first-order valence-electron chi connectivity index (χ1n) is 5.15. The van der Waals surface area contributed by atoms with Crippen molar-refractivity contribution in [1.82, 2.24) is 0 Å². The summed E-state index contributed by atoms with van der Waals surface area (Å²) in [6.07, 6.45) is 0.834. The summed E-state index contributed by atoms with van der Waals surface area (Å²) in [7, 11) is 0. The zero-order valence-electron chi connectivity index (χ0n) is 8.60. The third-order valence-electron chi connectivity index (χ3n) is 2.76. The predicted octanol–water partition coefficient (Wildman–Crippen LogP) is 3.25. The molecule has 0 radical (unpaired) electrons. The van der Waals surface area contributed by atoms with Crippen molar-refractivity contribution in [3.63, 3.8) is 0 Å². The summed E-state index contributed by atoms with van der Waals surface area (Å²) in [6, 6.07) is 15.7. The maximum Gasteiger partial charge on any atom is 0.131 e. The van der Waals surface area contributed by atoms with E-state index in [2.05, 4.69) is 12.1 Å². The Labute approximate surface area is 93.7 Å². The highest BCUT2D eigenvalue weighted by Crippen LogP contribution is 2.36. The molecule has 76 valence electrons. The molecule has 1 aliphatic rings. The van der Waals surface area contributed by atoms with Crippen LogP contribution >= 0.6 is 0 Å². The molecular weight excluding hydrogens is 198 g/mol. The van der Waals surface area contributed by atoms with Gasteiger partial charge in [0.05, 0.1) is 11.6 Å². The lowest BCUT2D eigenvalue weighted by molar-refractivity contribution is 0.460. The molecule has 2 aromatic carbocycles. The van der Waals surface area contributed by atoms with E-state index < -0.39 is 0 Å². The summed E-state index contributed by atoms with van der Waals surface area (Å²) in [5.74, 6) is 1.78. The third-order valence-corrected chi connectivity index (χ3v) is 2.76. The summed E-state index contributed by atoms with van der Waals surface area (Å²) in [5, 5.41) is 8.84. The van der Waals surface area contributed by atoms with Gasteiger partial charge in [-0.25, -0.2) is 0 Å². The Kier molecular flexibility index (Phi) is 1.91. The van der Waals surface area contributed by atoms with E-state index in [0.717, 1.165) is 23.5 Å². The average Bonchev–Trinajstić information content (AvgIpc) is 2.35. The molecule has 1 aliphatic heterocycles. The number of hydrogen-bond acceptors (Lipinski definition) is 2. The smallest absolute Gasteiger partial charge is 0.131 e. The molecule has 0 N–H and O–H groups in total. The molecule has 0 aliphatic carbocycles. The van der Waals surface area contributed by atoms with Crippen LogP contribution in [0.3, 0.4) is 0 Å². The van der Waals surface area contributed by atoms with E-state index in [0.29, 0.717) is 5.56 Å². The molecule has 0 saturated carbocycles. The maximum atomic E-state index is 8.84. The topological polar surface area (TPSA) is 33.0 Å². The first-order valence-corrected chi connectivity index (χ1v) is 5.15. The van der Waals surface area contributed by atoms with Crippen LogP contribution in [0, 0.1) is 11.3 Å². The quantitative estimate of drug-likeness (QED) is 0.566. The van der Waals surface area contributed by atoms with Crippen molar-refractivity contribution in [2.75, 3.05) is 0 Å². The number of fused-ring (bicyclic) bond motifs is 2. The fourth-order valence-electron chi connectivity index (χ4n) is 1.96. The minimum Gasteiger partial charge on any atom is -0.457 e. The second-order valence-electron chi connectivity index (χ2n) is 3.82. The van der Waals surface area contributed by atoms with Crippen molar-refractivity contribution in [2.24, 2.45) is 0 Å². The second-order valence-corrected chi connectivity index (χ2v) is 3.82. The normalized spacial score (nSPS) is 11.9. The van der Waals surface area contributed by atoms with Gasteiger partial charge in [0.2, 0.25) is 0 Å². The van der Waals surface area contributed by atoms with E-state index in [1.807, 2.05) is 30.3 Å². The molecule has 0 unspecified atom stereocenters. The molecule has 1 heterocycles. The van der Waals surface area contributed by atoms with Gasteiger partial charge in [0, 0.05) is 12.0 Å². The van der Waals surface area contributed by atoms with E-state index in [4.69, 9.17) is 10.00 Å². The molecule has 2 nitrogen and oxygen atoms in total. The molecule has 16 heavy (non-hydrogen) atoms. The van der Waals surface area contributed by atoms with Gasteiger partial charge < -0.3 is 4.74 Å². The van der Waals surface area contributed by atoms with Gasteiger partial charge in [0.15, 0.2) is 0 Å². The van der Waals surface area contributed by atoms with Crippen LogP contribution in [0.5, 0.6) is 11.5 Å². The summed E-state index contributed by atoms with van der Waals surface area (Å²) in [4.78, 5) is 0. The lowest BCUT2D eigenvalue weighted by atomic mass is 9.99. The molecule has 0 amide bonds. The minimum absolute atomic E-state index is 0.682. The number of nitrogens with zero attached hydrogens (tertiary/aromatic N) is 1. The summed E-state index contributed by atoms with van der Waals surface area (Å²) in [5.41, 5.74) is 2.93. The zero-order chi connectivity index (χ0) is 11.0. The Balaban J connectivity index is 2.09. The van der Waals surface area contributed by atoms with Crippen molar-refractivity contribution in [3.8, 4) is 17.6 Å². The molecule has 0 bridgehead atoms. The highest BCUT2D eigenvalue weighted by molar-refractivity contribution is 5.52. The predicted molar refractivity (Wildman–Crippen MR) is 60.5 cm³/mol. The van der Waals surface area contributed by atoms with E-state index >= 15 is 0 Å². The molecule has 0 aromatic heterocycles. The number of hydrogen-bond donors (Lipinski definition) is 0. The SMILES string of the molecule is N#Cc1ccc2c(c1)Cc1ccccc1O2. The molecular formula is C14H9NO. The van der Waals surface area contributed by atoms with Crippen molar-refractivity contribution in [2.45, 2.75) is 6.42 Å². The first kappa shape index (κ1) is 8.99. The molecule has 2 aromatic rings. The number of para-hydroxylation sites is 1. The van der Waals surface area contributed by atoms with Crippen LogP contribution in [0.2, 0.25) is 0 Å². The fraction of sp³-hybridized carbons (Fsp3) is 0.0714. The van der Waals surface area contributed by atoms with Gasteiger partial charge in [0.25, 0.3) is 0 Å². The van der Waals surface area contributed by atoms with Crippen LogP contribution in [0.4, 0.5) is 0 Å². The third kappa shape index (κ3) is 1.34. The highest BCUT2D eigenvalue weighted by atomic mass is 16.5. The van der Waals surface area contributed by atoms with Crippen molar-refractivity contribution >= 4 is 0 Å². The number of ether oxygens (including phenoxy) is 1. The average molecular weight is 207 g/mol. The monoisotopic (exact) mass is 207 g/mol. The standard InChI is InChI=1S/C14H9NO/c15-9-10-5-6-14-12(7-10)8-11-3-1-2-4-13(11)16-14/h1-7H,8H2. The van der Waals surface area contributed by atoms with Gasteiger partial charge >= 0.3 is 0 Å². The molecule has 2 heteroatoms. The lowest BCUT2D eigenvalue weighted by Gasteiger charge is -2.19. The van der Waals surface area contributed by atoms with Crippen LogP contribution < -0.4 is 4.74 Å². The van der Waals surface area contributed by atoms with Crippen LogP contribution in [0.25, 0.3) is 0 Å². The van der Waals surface area contributed by atoms with Crippen LogP contribution in [-0.4, -0.2) is 0 Å². The minimum atomic E-state index is 0.682. The van der Waals surface area contributed by atoms with Crippen LogP contribution in [0.15, 0.2) is 42.5 Å². The maximum absolute atomic E-state index is 8.84. The van der Waals surface area contributed by atoms with E-state index in [-0.39, 0.29) is 0 Å². The van der Waals surface area contributed by atoms with Gasteiger partial charge in [-0.05, 0) is 29.8 Å². The van der Waals surface area contributed by atoms with Gasteiger partial charge in [-0.1, -0.05) is 18.2 Å². The Morgan fingerprint density at radius 1 is 1.00 bits per heavy atom. The van der Waals surface area contributed by atoms with Gasteiger partial charge in [-0.2, -0.15) is 5.26 Å². The van der Waals surface area contributed by atoms with Crippen molar-refractivity contribution < 1.29 is 4.74 Å². The Hall–Kier alpha value is -2.27. The lowest BCUT2D eigenvalue weighted by Crippen LogP contribution is -2.02. The zero-order valence-corrected chi connectivity index (χ0v) is 8.60. The molecule has 0 saturated heterocycles.